The van der Waals surface area contributed by atoms with E-state index in [0.717, 1.165) is 0 Å². The molecule has 0 radical (unpaired) electrons. The Morgan fingerprint density at radius 2 is 1.89 bits per heavy atom. The molecule has 0 saturated heterocycles. The average Bonchev–Trinajstić information content (AvgIpc) is 2.95. The van der Waals surface area contributed by atoms with Crippen molar-refractivity contribution in [1.29, 1.82) is 0 Å². The molecule has 0 fully saturated rings. The van der Waals surface area contributed by atoms with Crippen LogP contribution in [0.1, 0.15) is 16.0 Å². The molecule has 0 bridgehead atoms. The SMILES string of the molecule is Brc1cc(C(Br)c2csc3c(Br)cccc23)cs1. The second kappa shape index (κ2) is 5.37. The van der Waals surface area contributed by atoms with E-state index >= 15 is 0 Å². The molecule has 0 aliphatic heterocycles. The minimum atomic E-state index is 0.253. The van der Waals surface area contributed by atoms with Crippen molar-refractivity contribution in [3.05, 3.63) is 54.4 Å². The van der Waals surface area contributed by atoms with Crippen LogP contribution in [0.3, 0.4) is 0 Å². The first-order valence-electron chi connectivity index (χ1n) is 5.20. The molecule has 5 heteroatoms. The molecular weight excluding hydrogens is 460 g/mol. The van der Waals surface area contributed by atoms with Crippen molar-refractivity contribution < 1.29 is 0 Å². The maximum absolute atomic E-state index is 3.81. The van der Waals surface area contributed by atoms with Crippen molar-refractivity contribution >= 4 is 80.5 Å². The molecule has 1 unspecified atom stereocenters. The van der Waals surface area contributed by atoms with Gasteiger partial charge in [0, 0.05) is 9.17 Å². The van der Waals surface area contributed by atoms with Crippen LogP contribution in [0.5, 0.6) is 0 Å². The van der Waals surface area contributed by atoms with Crippen molar-refractivity contribution in [2.24, 2.45) is 0 Å². The molecule has 0 aliphatic rings. The fourth-order valence-corrected chi connectivity index (χ4v) is 5.72. The van der Waals surface area contributed by atoms with E-state index in [-0.39, 0.29) is 4.83 Å². The number of thiophene rings is 2. The molecule has 0 amide bonds. The van der Waals surface area contributed by atoms with Gasteiger partial charge in [-0.1, -0.05) is 28.1 Å². The third-order valence-corrected chi connectivity index (χ3v) is 7.25. The van der Waals surface area contributed by atoms with Gasteiger partial charge in [-0.25, -0.2) is 0 Å². The normalized spacial score (nSPS) is 13.1. The van der Waals surface area contributed by atoms with Crippen LogP contribution < -0.4 is 0 Å². The Hall–Kier alpha value is 0.320. The van der Waals surface area contributed by atoms with Gasteiger partial charge in [0.15, 0.2) is 0 Å². The van der Waals surface area contributed by atoms with Gasteiger partial charge in [-0.05, 0) is 71.3 Å². The summed E-state index contributed by atoms with van der Waals surface area (Å²) in [7, 11) is 0. The molecular formula is C13H7Br3S2. The zero-order valence-electron chi connectivity index (χ0n) is 8.99. The van der Waals surface area contributed by atoms with E-state index in [4.69, 9.17) is 0 Å². The number of rotatable bonds is 2. The lowest BCUT2D eigenvalue weighted by molar-refractivity contribution is 1.23. The van der Waals surface area contributed by atoms with Gasteiger partial charge in [0.25, 0.3) is 0 Å². The third-order valence-electron chi connectivity index (χ3n) is 2.74. The lowest BCUT2D eigenvalue weighted by atomic mass is 10.1. The molecule has 92 valence electrons. The summed E-state index contributed by atoms with van der Waals surface area (Å²) in [5.41, 5.74) is 2.63. The van der Waals surface area contributed by atoms with E-state index < -0.39 is 0 Å². The van der Waals surface area contributed by atoms with Crippen LogP contribution in [0.4, 0.5) is 0 Å². The Morgan fingerprint density at radius 1 is 1.06 bits per heavy atom. The van der Waals surface area contributed by atoms with Gasteiger partial charge in [0.2, 0.25) is 0 Å². The topological polar surface area (TPSA) is 0 Å². The van der Waals surface area contributed by atoms with Crippen molar-refractivity contribution in [1.82, 2.24) is 0 Å². The van der Waals surface area contributed by atoms with E-state index in [0.29, 0.717) is 0 Å². The van der Waals surface area contributed by atoms with Gasteiger partial charge in [-0.15, -0.1) is 22.7 Å². The van der Waals surface area contributed by atoms with E-state index in [2.05, 4.69) is 82.8 Å². The second-order valence-electron chi connectivity index (χ2n) is 3.85. The highest BCUT2D eigenvalue weighted by molar-refractivity contribution is 9.11. The smallest absolute Gasteiger partial charge is 0.0701 e. The van der Waals surface area contributed by atoms with Crippen LogP contribution in [-0.2, 0) is 0 Å². The van der Waals surface area contributed by atoms with Crippen LogP contribution in [0.15, 0.2) is 43.3 Å². The second-order valence-corrected chi connectivity index (χ2v) is 8.79. The lowest BCUT2D eigenvalue weighted by Gasteiger charge is -2.07. The highest BCUT2D eigenvalue weighted by atomic mass is 79.9. The standard InChI is InChI=1S/C13H7Br3S2/c14-10-3-1-2-8-9(6-18-13(8)10)12(16)7-4-11(15)17-5-7/h1-6,12H. The Labute approximate surface area is 138 Å². The van der Waals surface area contributed by atoms with Crippen molar-refractivity contribution in [3.63, 3.8) is 0 Å². The Balaban J connectivity index is 2.12. The minimum Gasteiger partial charge on any atom is -0.142 e. The number of hydrogen-bond acceptors (Lipinski definition) is 2. The monoisotopic (exact) mass is 464 g/mol. The number of hydrogen-bond donors (Lipinski definition) is 0. The highest BCUT2D eigenvalue weighted by Crippen LogP contribution is 2.42. The van der Waals surface area contributed by atoms with Crippen LogP contribution in [0.25, 0.3) is 10.1 Å². The first kappa shape index (κ1) is 13.3. The summed E-state index contributed by atoms with van der Waals surface area (Å²) in [5, 5.41) is 5.74. The summed E-state index contributed by atoms with van der Waals surface area (Å²) < 4.78 is 3.65. The van der Waals surface area contributed by atoms with E-state index in [9.17, 15) is 0 Å². The van der Waals surface area contributed by atoms with Crippen molar-refractivity contribution in [2.75, 3.05) is 0 Å². The molecule has 2 heterocycles. The summed E-state index contributed by atoms with van der Waals surface area (Å²) in [4.78, 5) is 0.253. The zero-order chi connectivity index (χ0) is 12.7. The first-order chi connectivity index (χ1) is 8.66. The quantitative estimate of drug-likeness (QED) is 0.357. The summed E-state index contributed by atoms with van der Waals surface area (Å²) in [5.74, 6) is 0. The van der Waals surface area contributed by atoms with Crippen molar-refractivity contribution in [2.45, 2.75) is 4.83 Å². The largest absolute Gasteiger partial charge is 0.142 e. The lowest BCUT2D eigenvalue weighted by Crippen LogP contribution is -1.88. The third kappa shape index (κ3) is 2.36. The molecule has 2 aromatic heterocycles. The van der Waals surface area contributed by atoms with E-state index in [1.54, 1.807) is 22.7 Å². The molecule has 18 heavy (non-hydrogen) atoms. The van der Waals surface area contributed by atoms with E-state index in [1.807, 2.05) is 0 Å². The molecule has 0 aliphatic carbocycles. The zero-order valence-corrected chi connectivity index (χ0v) is 15.4. The molecule has 1 aromatic carbocycles. The van der Waals surface area contributed by atoms with Crippen molar-refractivity contribution in [3.8, 4) is 0 Å². The summed E-state index contributed by atoms with van der Waals surface area (Å²) in [6.07, 6.45) is 0. The number of alkyl halides is 1. The van der Waals surface area contributed by atoms with Crippen LogP contribution in [0.2, 0.25) is 0 Å². The Morgan fingerprint density at radius 3 is 2.61 bits per heavy atom. The number of benzene rings is 1. The maximum atomic E-state index is 3.81. The van der Waals surface area contributed by atoms with Gasteiger partial charge < -0.3 is 0 Å². The summed E-state index contributed by atoms with van der Waals surface area (Å²) >= 11 is 14.4. The van der Waals surface area contributed by atoms with Crippen LogP contribution in [-0.4, -0.2) is 0 Å². The molecule has 1 atom stereocenters. The van der Waals surface area contributed by atoms with Gasteiger partial charge in [-0.2, -0.15) is 0 Å². The molecule has 0 N–H and O–H groups in total. The van der Waals surface area contributed by atoms with Gasteiger partial charge in [0.05, 0.1) is 8.61 Å². The Kier molecular flexibility index (Phi) is 3.97. The van der Waals surface area contributed by atoms with Crippen LogP contribution >= 0.6 is 70.5 Å². The van der Waals surface area contributed by atoms with Crippen LogP contribution in [0, 0.1) is 0 Å². The summed E-state index contributed by atoms with van der Waals surface area (Å²) in [6.45, 7) is 0. The van der Waals surface area contributed by atoms with Gasteiger partial charge in [-0.3, -0.25) is 0 Å². The fourth-order valence-electron chi connectivity index (χ4n) is 1.87. The molecule has 0 saturated carbocycles. The summed E-state index contributed by atoms with van der Waals surface area (Å²) in [6, 6.07) is 8.53. The highest BCUT2D eigenvalue weighted by Gasteiger charge is 2.17. The Bertz CT molecular complexity index is 699. The van der Waals surface area contributed by atoms with Gasteiger partial charge >= 0.3 is 0 Å². The number of halogens is 3. The molecule has 3 rings (SSSR count). The molecule has 0 nitrogen and oxygen atoms in total. The first-order valence-corrected chi connectivity index (χ1v) is 9.46. The van der Waals surface area contributed by atoms with E-state index in [1.165, 1.54) is 29.5 Å². The number of fused-ring (bicyclic) bond motifs is 1. The maximum Gasteiger partial charge on any atom is 0.0701 e. The minimum absolute atomic E-state index is 0.253. The van der Waals surface area contributed by atoms with Gasteiger partial charge in [0.1, 0.15) is 0 Å². The molecule has 3 aromatic rings. The predicted octanol–water partition coefficient (Wildman–Crippen LogP) is 6.97. The fraction of sp³-hybridized carbons (Fsp3) is 0.0769. The molecule has 0 spiro atoms. The average molecular weight is 467 g/mol. The predicted molar refractivity (Wildman–Crippen MR) is 92.3 cm³/mol.